The minimum atomic E-state index is 0.513. The minimum Gasteiger partial charge on any atom is -0.379 e. The molecular weight excluding hydrogens is 256 g/mol. The fraction of sp³-hybridized carbons (Fsp3) is 1.00. The summed E-state index contributed by atoms with van der Waals surface area (Å²) < 4.78 is 5.52. The normalized spacial score (nSPS) is 35.6. The van der Waals surface area contributed by atoms with Crippen molar-refractivity contribution in [2.75, 3.05) is 53.0 Å². The van der Waals surface area contributed by atoms with Gasteiger partial charge in [0.15, 0.2) is 0 Å². The average molecular weight is 277 g/mol. The zero-order valence-electron chi connectivity index (χ0n) is 9.49. The van der Waals surface area contributed by atoms with Gasteiger partial charge in [-0.2, -0.15) is 0 Å². The SMILES string of the molecule is CN1CCC(CN2CCOCC(Br)C2)C1. The van der Waals surface area contributed by atoms with Crippen molar-refractivity contribution < 1.29 is 4.74 Å². The summed E-state index contributed by atoms with van der Waals surface area (Å²) >= 11 is 3.66. The molecule has 2 aliphatic rings. The monoisotopic (exact) mass is 276 g/mol. The van der Waals surface area contributed by atoms with E-state index in [1.165, 1.54) is 26.1 Å². The lowest BCUT2D eigenvalue weighted by Crippen LogP contribution is -2.35. The van der Waals surface area contributed by atoms with Crippen molar-refractivity contribution in [1.82, 2.24) is 9.80 Å². The predicted octanol–water partition coefficient (Wildman–Crippen LogP) is 1.03. The summed E-state index contributed by atoms with van der Waals surface area (Å²) in [6.45, 7) is 7.78. The molecule has 3 nitrogen and oxygen atoms in total. The quantitative estimate of drug-likeness (QED) is 0.701. The number of hydrogen-bond acceptors (Lipinski definition) is 3. The first-order chi connectivity index (χ1) is 7.24. The Hall–Kier alpha value is 0.360. The Bertz CT molecular complexity index is 203. The van der Waals surface area contributed by atoms with Gasteiger partial charge in [-0.25, -0.2) is 0 Å². The van der Waals surface area contributed by atoms with Crippen LogP contribution in [0.2, 0.25) is 0 Å². The number of halogens is 1. The minimum absolute atomic E-state index is 0.513. The highest BCUT2D eigenvalue weighted by atomic mass is 79.9. The Labute approximate surface area is 101 Å². The molecule has 2 saturated heterocycles. The first kappa shape index (κ1) is 11.8. The maximum atomic E-state index is 5.52. The number of hydrogen-bond donors (Lipinski definition) is 0. The van der Waals surface area contributed by atoms with Crippen molar-refractivity contribution >= 4 is 15.9 Å². The van der Waals surface area contributed by atoms with E-state index in [-0.39, 0.29) is 0 Å². The summed E-state index contributed by atoms with van der Waals surface area (Å²) in [5.41, 5.74) is 0. The molecule has 0 aromatic carbocycles. The van der Waals surface area contributed by atoms with Gasteiger partial charge in [0.1, 0.15) is 0 Å². The molecule has 0 saturated carbocycles. The second-order valence-corrected chi connectivity index (χ2v) is 6.14. The van der Waals surface area contributed by atoms with Crippen LogP contribution < -0.4 is 0 Å². The van der Waals surface area contributed by atoms with Crippen LogP contribution in [0.15, 0.2) is 0 Å². The van der Waals surface area contributed by atoms with Crippen molar-refractivity contribution in [1.29, 1.82) is 0 Å². The third-order valence-corrected chi connectivity index (χ3v) is 3.87. The molecule has 2 atom stereocenters. The van der Waals surface area contributed by atoms with Crippen LogP contribution in [-0.4, -0.2) is 67.6 Å². The van der Waals surface area contributed by atoms with Crippen LogP contribution in [0.4, 0.5) is 0 Å². The Morgan fingerprint density at radius 3 is 2.93 bits per heavy atom. The highest BCUT2D eigenvalue weighted by Crippen LogP contribution is 2.17. The predicted molar refractivity (Wildman–Crippen MR) is 65.6 cm³/mol. The first-order valence-corrected chi connectivity index (χ1v) is 6.78. The highest BCUT2D eigenvalue weighted by molar-refractivity contribution is 9.09. The fourth-order valence-electron chi connectivity index (χ4n) is 2.54. The largest absolute Gasteiger partial charge is 0.379 e. The van der Waals surface area contributed by atoms with Crippen LogP contribution >= 0.6 is 15.9 Å². The van der Waals surface area contributed by atoms with Gasteiger partial charge in [0.25, 0.3) is 0 Å². The van der Waals surface area contributed by atoms with Crippen LogP contribution in [0.1, 0.15) is 6.42 Å². The number of alkyl halides is 1. The number of likely N-dealkylation sites (tertiary alicyclic amines) is 1. The van der Waals surface area contributed by atoms with Crippen molar-refractivity contribution in [3.05, 3.63) is 0 Å². The molecule has 0 radical (unpaired) electrons. The first-order valence-electron chi connectivity index (χ1n) is 5.87. The van der Waals surface area contributed by atoms with Gasteiger partial charge in [-0.1, -0.05) is 15.9 Å². The third kappa shape index (κ3) is 3.70. The molecule has 2 fully saturated rings. The number of nitrogens with zero attached hydrogens (tertiary/aromatic N) is 2. The van der Waals surface area contributed by atoms with Crippen LogP contribution in [0.5, 0.6) is 0 Å². The summed E-state index contributed by atoms with van der Waals surface area (Å²) in [7, 11) is 2.22. The van der Waals surface area contributed by atoms with Crippen LogP contribution in [0, 0.1) is 5.92 Å². The molecule has 4 heteroatoms. The molecule has 2 heterocycles. The molecule has 0 amide bonds. The molecule has 2 aliphatic heterocycles. The van der Waals surface area contributed by atoms with Crippen LogP contribution in [0.25, 0.3) is 0 Å². The highest BCUT2D eigenvalue weighted by Gasteiger charge is 2.24. The van der Waals surface area contributed by atoms with Gasteiger partial charge in [-0.15, -0.1) is 0 Å². The molecule has 0 aliphatic carbocycles. The third-order valence-electron chi connectivity index (χ3n) is 3.31. The summed E-state index contributed by atoms with van der Waals surface area (Å²) in [5.74, 6) is 0.868. The van der Waals surface area contributed by atoms with E-state index in [1.807, 2.05) is 0 Å². The van der Waals surface area contributed by atoms with E-state index in [0.29, 0.717) is 4.83 Å². The van der Waals surface area contributed by atoms with Gasteiger partial charge in [0.2, 0.25) is 0 Å². The van der Waals surface area contributed by atoms with Crippen molar-refractivity contribution in [2.24, 2.45) is 5.92 Å². The molecule has 0 N–H and O–H groups in total. The van der Waals surface area contributed by atoms with E-state index in [9.17, 15) is 0 Å². The summed E-state index contributed by atoms with van der Waals surface area (Å²) in [6.07, 6.45) is 1.36. The second kappa shape index (κ2) is 5.62. The maximum Gasteiger partial charge on any atom is 0.0604 e. The second-order valence-electron chi connectivity index (χ2n) is 4.85. The van der Waals surface area contributed by atoms with Crippen LogP contribution in [-0.2, 0) is 4.74 Å². The van der Waals surface area contributed by atoms with Crippen molar-refractivity contribution in [3.63, 3.8) is 0 Å². The standard InChI is InChI=1S/C11H21BrN2O/c1-13-3-2-10(6-13)7-14-4-5-15-9-11(12)8-14/h10-11H,2-9H2,1H3. The Kier molecular flexibility index (Phi) is 4.43. The molecule has 0 aromatic heterocycles. The van der Waals surface area contributed by atoms with Gasteiger partial charge < -0.3 is 9.64 Å². The summed E-state index contributed by atoms with van der Waals surface area (Å²) in [6, 6.07) is 0. The lowest BCUT2D eigenvalue weighted by Gasteiger charge is -2.24. The van der Waals surface area contributed by atoms with E-state index < -0.39 is 0 Å². The summed E-state index contributed by atoms with van der Waals surface area (Å²) in [5, 5.41) is 0. The lowest BCUT2D eigenvalue weighted by atomic mass is 10.1. The lowest BCUT2D eigenvalue weighted by molar-refractivity contribution is 0.140. The molecule has 0 aromatic rings. The van der Waals surface area contributed by atoms with Gasteiger partial charge in [-0.05, 0) is 25.9 Å². The van der Waals surface area contributed by atoms with E-state index in [0.717, 1.165) is 32.2 Å². The summed E-state index contributed by atoms with van der Waals surface area (Å²) in [4.78, 5) is 5.50. The Morgan fingerprint density at radius 1 is 1.33 bits per heavy atom. The van der Waals surface area contributed by atoms with Gasteiger partial charge in [0.05, 0.1) is 18.0 Å². The number of rotatable bonds is 2. The Morgan fingerprint density at radius 2 is 2.20 bits per heavy atom. The maximum absolute atomic E-state index is 5.52. The van der Waals surface area contributed by atoms with Crippen molar-refractivity contribution in [3.8, 4) is 0 Å². The zero-order valence-corrected chi connectivity index (χ0v) is 11.1. The topological polar surface area (TPSA) is 15.7 Å². The van der Waals surface area contributed by atoms with Gasteiger partial charge >= 0.3 is 0 Å². The molecular formula is C11H21BrN2O. The molecule has 2 unspecified atom stereocenters. The average Bonchev–Trinajstić information content (AvgIpc) is 2.46. The smallest absolute Gasteiger partial charge is 0.0604 e. The van der Waals surface area contributed by atoms with Gasteiger partial charge in [0, 0.05) is 26.2 Å². The van der Waals surface area contributed by atoms with Crippen LogP contribution in [0.3, 0.4) is 0 Å². The van der Waals surface area contributed by atoms with Gasteiger partial charge in [-0.3, -0.25) is 4.90 Å². The molecule has 88 valence electrons. The van der Waals surface area contributed by atoms with E-state index in [4.69, 9.17) is 4.74 Å². The van der Waals surface area contributed by atoms with E-state index >= 15 is 0 Å². The van der Waals surface area contributed by atoms with E-state index in [2.05, 4.69) is 32.8 Å². The van der Waals surface area contributed by atoms with Crippen molar-refractivity contribution in [2.45, 2.75) is 11.2 Å². The molecule has 15 heavy (non-hydrogen) atoms. The fourth-order valence-corrected chi connectivity index (χ4v) is 3.13. The number of ether oxygens (including phenoxy) is 1. The molecule has 2 rings (SSSR count). The van der Waals surface area contributed by atoms with E-state index in [1.54, 1.807) is 0 Å². The Balaban J connectivity index is 1.77. The molecule has 0 bridgehead atoms. The molecule has 0 spiro atoms. The zero-order chi connectivity index (χ0) is 10.7.